The van der Waals surface area contributed by atoms with Gasteiger partial charge in [0.2, 0.25) is 0 Å². The maximum absolute atomic E-state index is 11.4. The van der Waals surface area contributed by atoms with Gasteiger partial charge in [0.25, 0.3) is 0 Å². The number of aliphatic hydroxyl groups is 2. The predicted octanol–water partition coefficient (Wildman–Crippen LogP) is 4.00. The summed E-state index contributed by atoms with van der Waals surface area (Å²) in [5, 5.41) is 41.0. The molecule has 0 aliphatic heterocycles. The molecule has 0 unspecified atom stereocenters. The summed E-state index contributed by atoms with van der Waals surface area (Å²) in [6.45, 7) is 9.33. The SMILES string of the molecule is CC(C)=CCC[C@@](C)(O)[C@@H](O)Cc1cc(C(=O)O)cc(CC=C(C)C)c1O. The molecular weight excluding hydrogens is 344 g/mol. The summed E-state index contributed by atoms with van der Waals surface area (Å²) >= 11 is 0. The first-order valence-corrected chi connectivity index (χ1v) is 9.19. The maximum Gasteiger partial charge on any atom is 0.335 e. The van der Waals surface area contributed by atoms with Gasteiger partial charge >= 0.3 is 5.97 Å². The molecule has 1 aromatic carbocycles. The minimum atomic E-state index is -1.35. The minimum Gasteiger partial charge on any atom is -0.507 e. The van der Waals surface area contributed by atoms with Crippen molar-refractivity contribution in [1.29, 1.82) is 0 Å². The van der Waals surface area contributed by atoms with Crippen molar-refractivity contribution in [3.63, 3.8) is 0 Å². The molecule has 0 saturated heterocycles. The quantitative estimate of drug-likeness (QED) is 0.488. The first kappa shape index (κ1) is 22.9. The second kappa shape index (κ2) is 9.72. The third-order valence-electron chi connectivity index (χ3n) is 4.58. The van der Waals surface area contributed by atoms with Crippen LogP contribution in [0.25, 0.3) is 0 Å². The molecular formula is C22H32O5. The van der Waals surface area contributed by atoms with Crippen LogP contribution in [0.5, 0.6) is 5.75 Å². The first-order valence-electron chi connectivity index (χ1n) is 9.19. The zero-order chi connectivity index (χ0) is 20.8. The van der Waals surface area contributed by atoms with E-state index < -0.39 is 17.7 Å². The Hall–Kier alpha value is -2.11. The second-order valence-corrected chi connectivity index (χ2v) is 7.83. The molecule has 150 valence electrons. The number of allylic oxidation sites excluding steroid dienone is 4. The highest BCUT2D eigenvalue weighted by atomic mass is 16.4. The molecule has 0 saturated carbocycles. The number of hydrogen-bond donors (Lipinski definition) is 4. The van der Waals surface area contributed by atoms with Crippen LogP contribution in [0.15, 0.2) is 35.4 Å². The average molecular weight is 376 g/mol. The fraction of sp³-hybridized carbons (Fsp3) is 0.500. The number of hydrogen-bond acceptors (Lipinski definition) is 4. The summed E-state index contributed by atoms with van der Waals surface area (Å²) in [6, 6.07) is 2.80. The highest BCUT2D eigenvalue weighted by Crippen LogP contribution is 2.30. The van der Waals surface area contributed by atoms with Crippen molar-refractivity contribution in [3.8, 4) is 5.75 Å². The molecule has 0 aromatic heterocycles. The Morgan fingerprint density at radius 3 is 2.19 bits per heavy atom. The molecule has 4 N–H and O–H groups in total. The fourth-order valence-corrected chi connectivity index (χ4v) is 2.76. The first-order chi connectivity index (χ1) is 12.4. The van der Waals surface area contributed by atoms with Crippen molar-refractivity contribution in [2.24, 2.45) is 0 Å². The topological polar surface area (TPSA) is 98.0 Å². The smallest absolute Gasteiger partial charge is 0.335 e. The molecule has 1 aromatic rings. The van der Waals surface area contributed by atoms with Gasteiger partial charge in [-0.2, -0.15) is 0 Å². The number of rotatable bonds is 9. The number of aromatic carboxylic acids is 1. The van der Waals surface area contributed by atoms with Crippen LogP contribution >= 0.6 is 0 Å². The summed E-state index contributed by atoms with van der Waals surface area (Å²) < 4.78 is 0. The molecule has 1 rings (SSSR count). The number of benzene rings is 1. The molecule has 27 heavy (non-hydrogen) atoms. The van der Waals surface area contributed by atoms with E-state index in [4.69, 9.17) is 0 Å². The van der Waals surface area contributed by atoms with Crippen molar-refractivity contribution >= 4 is 5.97 Å². The van der Waals surface area contributed by atoms with Crippen molar-refractivity contribution in [2.45, 2.75) is 72.0 Å². The van der Waals surface area contributed by atoms with E-state index in [1.165, 1.54) is 12.1 Å². The summed E-state index contributed by atoms with van der Waals surface area (Å²) in [4.78, 5) is 11.4. The van der Waals surface area contributed by atoms with Crippen LogP contribution in [0.2, 0.25) is 0 Å². The largest absolute Gasteiger partial charge is 0.507 e. The van der Waals surface area contributed by atoms with Gasteiger partial charge in [-0.05, 0) is 77.1 Å². The molecule has 0 bridgehead atoms. The van der Waals surface area contributed by atoms with Crippen LogP contribution in [-0.2, 0) is 12.8 Å². The Labute approximate surface area is 161 Å². The number of aromatic hydroxyl groups is 1. The summed E-state index contributed by atoms with van der Waals surface area (Å²) in [5.74, 6) is -1.13. The normalized spacial score (nSPS) is 14.2. The molecule has 0 amide bonds. The Morgan fingerprint density at radius 2 is 1.67 bits per heavy atom. The van der Waals surface area contributed by atoms with Crippen LogP contribution in [0.1, 0.15) is 68.9 Å². The lowest BCUT2D eigenvalue weighted by Gasteiger charge is -2.29. The van der Waals surface area contributed by atoms with Gasteiger partial charge in [0, 0.05) is 6.42 Å². The highest BCUT2D eigenvalue weighted by molar-refractivity contribution is 5.88. The molecule has 0 radical (unpaired) electrons. The zero-order valence-corrected chi connectivity index (χ0v) is 16.9. The number of carboxylic acid groups (broad SMARTS) is 1. The van der Waals surface area contributed by atoms with Gasteiger partial charge < -0.3 is 20.4 Å². The van der Waals surface area contributed by atoms with E-state index in [1.807, 2.05) is 39.8 Å². The molecule has 0 aliphatic carbocycles. The number of phenolic OH excluding ortho intramolecular Hbond substituents is 1. The molecule has 5 nitrogen and oxygen atoms in total. The predicted molar refractivity (Wildman–Crippen MR) is 107 cm³/mol. The monoisotopic (exact) mass is 376 g/mol. The van der Waals surface area contributed by atoms with Gasteiger partial charge in [0.1, 0.15) is 5.75 Å². The van der Waals surface area contributed by atoms with Gasteiger partial charge in [0.15, 0.2) is 0 Å². The van der Waals surface area contributed by atoms with Crippen LogP contribution in [0, 0.1) is 0 Å². The van der Waals surface area contributed by atoms with Crippen LogP contribution in [0.3, 0.4) is 0 Å². The van der Waals surface area contributed by atoms with E-state index >= 15 is 0 Å². The third-order valence-corrected chi connectivity index (χ3v) is 4.58. The maximum atomic E-state index is 11.4. The molecule has 0 aliphatic rings. The van der Waals surface area contributed by atoms with E-state index in [1.54, 1.807) is 6.92 Å². The molecule has 0 spiro atoms. The van der Waals surface area contributed by atoms with Crippen molar-refractivity contribution in [1.82, 2.24) is 0 Å². The summed E-state index contributed by atoms with van der Waals surface area (Å²) in [5.41, 5.74) is 1.70. The molecule has 0 heterocycles. The molecule has 5 heteroatoms. The Kier molecular flexibility index (Phi) is 8.25. The molecule has 2 atom stereocenters. The average Bonchev–Trinajstić information content (AvgIpc) is 2.54. The Bertz CT molecular complexity index is 720. The van der Waals surface area contributed by atoms with Crippen LogP contribution < -0.4 is 0 Å². The lowest BCUT2D eigenvalue weighted by molar-refractivity contribution is -0.0656. The van der Waals surface area contributed by atoms with Crippen molar-refractivity contribution in [3.05, 3.63) is 52.1 Å². The highest BCUT2D eigenvalue weighted by Gasteiger charge is 2.30. The van der Waals surface area contributed by atoms with E-state index in [-0.39, 0.29) is 17.7 Å². The second-order valence-electron chi connectivity index (χ2n) is 7.83. The fourth-order valence-electron chi connectivity index (χ4n) is 2.76. The Morgan fingerprint density at radius 1 is 1.11 bits per heavy atom. The van der Waals surface area contributed by atoms with Crippen molar-refractivity contribution in [2.75, 3.05) is 0 Å². The number of aliphatic hydroxyl groups excluding tert-OH is 1. The van der Waals surface area contributed by atoms with Crippen LogP contribution in [0.4, 0.5) is 0 Å². The minimum absolute atomic E-state index is 0.0309. The van der Waals surface area contributed by atoms with E-state index in [0.29, 0.717) is 30.4 Å². The van der Waals surface area contributed by atoms with E-state index in [2.05, 4.69) is 0 Å². The van der Waals surface area contributed by atoms with Gasteiger partial charge in [0.05, 0.1) is 17.3 Å². The Balaban J connectivity index is 3.11. The third kappa shape index (κ3) is 7.19. The summed E-state index contributed by atoms with van der Waals surface area (Å²) in [7, 11) is 0. The number of carbonyl (C=O) groups is 1. The van der Waals surface area contributed by atoms with Gasteiger partial charge in [-0.1, -0.05) is 23.3 Å². The van der Waals surface area contributed by atoms with Gasteiger partial charge in [-0.3, -0.25) is 0 Å². The van der Waals surface area contributed by atoms with E-state index in [0.717, 1.165) is 11.1 Å². The van der Waals surface area contributed by atoms with Crippen molar-refractivity contribution < 1.29 is 25.2 Å². The van der Waals surface area contributed by atoms with Crippen LogP contribution in [-0.4, -0.2) is 38.1 Å². The summed E-state index contributed by atoms with van der Waals surface area (Å²) in [6.07, 6.45) is 4.11. The van der Waals surface area contributed by atoms with Gasteiger partial charge in [-0.15, -0.1) is 0 Å². The molecule has 0 fully saturated rings. The van der Waals surface area contributed by atoms with E-state index in [9.17, 15) is 25.2 Å². The van der Waals surface area contributed by atoms with Gasteiger partial charge in [-0.25, -0.2) is 4.79 Å². The lowest BCUT2D eigenvalue weighted by atomic mass is 9.87. The zero-order valence-electron chi connectivity index (χ0n) is 16.9. The lowest BCUT2D eigenvalue weighted by Crippen LogP contribution is -2.40. The standard InChI is InChI=1S/C22H32O5/c1-14(2)7-6-10-22(5,27)19(23)13-17-12-18(21(25)26)11-16(20(17)24)9-8-15(3)4/h7-8,11-12,19,23-24,27H,6,9-10,13H2,1-5H3,(H,25,26)/t19-,22+/m0/s1. The number of carboxylic acids is 1. The number of phenols is 1.